The van der Waals surface area contributed by atoms with Crippen LogP contribution in [0.25, 0.3) is 0 Å². The molecule has 8 heteroatoms. The summed E-state index contributed by atoms with van der Waals surface area (Å²) in [5.41, 5.74) is 4.87. The van der Waals surface area contributed by atoms with Crippen molar-refractivity contribution in [2.24, 2.45) is 0 Å². The van der Waals surface area contributed by atoms with Crippen LogP contribution < -0.4 is 10.4 Å². The van der Waals surface area contributed by atoms with Crippen LogP contribution >= 0.6 is 22.6 Å². The van der Waals surface area contributed by atoms with E-state index in [0.717, 1.165) is 26.8 Å². The van der Waals surface area contributed by atoms with E-state index in [1.54, 1.807) is 34.6 Å². The predicted molar refractivity (Wildman–Crippen MR) is 118 cm³/mol. The largest absolute Gasteiger partial charge is 0.378 e. The molecule has 2 aromatic rings. The van der Waals surface area contributed by atoms with Gasteiger partial charge in [-0.15, -0.1) is 0 Å². The van der Waals surface area contributed by atoms with Gasteiger partial charge in [-0.2, -0.15) is 0 Å². The molecule has 2 aromatic carbocycles. The number of nitrogens with one attached hydrogen (secondary N) is 1. The first kappa shape index (κ1) is 21.5. The number of hydrogen-bond donors (Lipinski definition) is 2. The van der Waals surface area contributed by atoms with Gasteiger partial charge in [0, 0.05) is 22.2 Å². The first-order chi connectivity index (χ1) is 14.0. The lowest BCUT2D eigenvalue weighted by atomic mass is 10.1. The standard InChI is InChI=1S/C21H24IN3O4/c1-2-16-7-8-18(22)13-19(16)25(21(27)24-9-11-29-12-10-24)14-15-3-5-17(6-4-15)20(26)23-28/h3-8,13,28H,2,9-12,14H2,1H3,(H,23,26). The summed E-state index contributed by atoms with van der Waals surface area (Å²) in [4.78, 5) is 28.6. The fraction of sp³-hybridized carbons (Fsp3) is 0.333. The molecule has 0 unspecified atom stereocenters. The van der Waals surface area contributed by atoms with Crippen LogP contribution in [0, 0.1) is 3.57 Å². The Morgan fingerprint density at radius 3 is 2.48 bits per heavy atom. The van der Waals surface area contributed by atoms with Gasteiger partial charge in [-0.25, -0.2) is 10.3 Å². The van der Waals surface area contributed by atoms with Gasteiger partial charge in [0.2, 0.25) is 0 Å². The van der Waals surface area contributed by atoms with Crippen LogP contribution in [0.3, 0.4) is 0 Å². The molecule has 0 aliphatic carbocycles. The Kier molecular flexibility index (Phi) is 7.45. The highest BCUT2D eigenvalue weighted by Crippen LogP contribution is 2.27. The van der Waals surface area contributed by atoms with Crippen molar-refractivity contribution in [1.82, 2.24) is 10.4 Å². The number of carbonyl (C=O) groups excluding carboxylic acids is 2. The van der Waals surface area contributed by atoms with Crippen LogP contribution in [0.15, 0.2) is 42.5 Å². The van der Waals surface area contributed by atoms with E-state index in [9.17, 15) is 9.59 Å². The van der Waals surface area contributed by atoms with Crippen molar-refractivity contribution in [3.8, 4) is 0 Å². The monoisotopic (exact) mass is 509 g/mol. The number of morpholine rings is 1. The maximum absolute atomic E-state index is 13.4. The topological polar surface area (TPSA) is 82.1 Å². The van der Waals surface area contributed by atoms with Crippen LogP contribution in [0.2, 0.25) is 0 Å². The number of carbonyl (C=O) groups is 2. The number of amides is 3. The minimum atomic E-state index is -0.566. The van der Waals surface area contributed by atoms with Crippen LogP contribution in [0.4, 0.5) is 10.5 Å². The van der Waals surface area contributed by atoms with E-state index in [-0.39, 0.29) is 6.03 Å². The average molecular weight is 509 g/mol. The molecule has 2 N–H and O–H groups in total. The lowest BCUT2D eigenvalue weighted by Gasteiger charge is -2.34. The van der Waals surface area contributed by atoms with Crippen molar-refractivity contribution in [2.45, 2.75) is 19.9 Å². The first-order valence-corrected chi connectivity index (χ1v) is 10.6. The first-order valence-electron chi connectivity index (χ1n) is 9.49. The fourth-order valence-corrected chi connectivity index (χ4v) is 3.75. The summed E-state index contributed by atoms with van der Waals surface area (Å²) in [7, 11) is 0. The van der Waals surface area contributed by atoms with E-state index in [2.05, 4.69) is 35.6 Å². The summed E-state index contributed by atoms with van der Waals surface area (Å²) in [5.74, 6) is -0.566. The molecule has 1 aliphatic rings. The number of ether oxygens (including phenoxy) is 1. The average Bonchev–Trinajstić information content (AvgIpc) is 2.77. The summed E-state index contributed by atoms with van der Waals surface area (Å²) in [6.07, 6.45) is 0.814. The van der Waals surface area contributed by atoms with Crippen molar-refractivity contribution in [1.29, 1.82) is 0 Å². The molecule has 29 heavy (non-hydrogen) atoms. The van der Waals surface area contributed by atoms with Crippen molar-refractivity contribution >= 4 is 40.2 Å². The second-order valence-electron chi connectivity index (χ2n) is 6.73. The van der Waals surface area contributed by atoms with E-state index >= 15 is 0 Å². The molecular formula is C21H24IN3O4. The molecule has 0 aromatic heterocycles. The number of anilines is 1. The third-order valence-corrected chi connectivity index (χ3v) is 5.56. The summed E-state index contributed by atoms with van der Waals surface area (Å²) >= 11 is 2.26. The Balaban J connectivity index is 1.93. The van der Waals surface area contributed by atoms with Gasteiger partial charge in [0.05, 0.1) is 25.4 Å². The minimum Gasteiger partial charge on any atom is -0.378 e. The molecule has 1 saturated heterocycles. The lowest BCUT2D eigenvalue weighted by Crippen LogP contribution is -2.48. The van der Waals surface area contributed by atoms with Gasteiger partial charge >= 0.3 is 6.03 Å². The van der Waals surface area contributed by atoms with Crippen LogP contribution in [0.5, 0.6) is 0 Å². The molecule has 1 heterocycles. The number of nitrogens with zero attached hydrogens (tertiary/aromatic N) is 2. The van der Waals surface area contributed by atoms with Crippen molar-refractivity contribution in [3.05, 3.63) is 62.7 Å². The molecule has 154 valence electrons. The summed E-state index contributed by atoms with van der Waals surface area (Å²) in [5, 5.41) is 8.78. The van der Waals surface area contributed by atoms with E-state index in [1.807, 2.05) is 17.0 Å². The molecule has 0 atom stereocenters. The zero-order valence-electron chi connectivity index (χ0n) is 16.2. The van der Waals surface area contributed by atoms with Gasteiger partial charge in [-0.1, -0.05) is 25.1 Å². The maximum Gasteiger partial charge on any atom is 0.324 e. The zero-order valence-corrected chi connectivity index (χ0v) is 18.4. The third kappa shape index (κ3) is 5.26. The molecule has 3 amide bonds. The Morgan fingerprint density at radius 2 is 1.86 bits per heavy atom. The SMILES string of the molecule is CCc1ccc(I)cc1N(Cc1ccc(C(=O)NO)cc1)C(=O)N1CCOCC1. The Bertz CT molecular complexity index is 867. The highest BCUT2D eigenvalue weighted by Gasteiger charge is 2.26. The number of urea groups is 1. The van der Waals surface area contributed by atoms with E-state index in [4.69, 9.17) is 9.94 Å². The summed E-state index contributed by atoms with van der Waals surface area (Å²) in [6, 6.07) is 12.9. The second-order valence-corrected chi connectivity index (χ2v) is 7.98. The molecule has 0 spiro atoms. The summed E-state index contributed by atoms with van der Waals surface area (Å²) in [6.45, 7) is 4.66. The maximum atomic E-state index is 13.4. The molecule has 1 aliphatic heterocycles. The van der Waals surface area contributed by atoms with E-state index < -0.39 is 5.91 Å². The molecule has 0 bridgehead atoms. The summed E-state index contributed by atoms with van der Waals surface area (Å²) < 4.78 is 6.45. The highest BCUT2D eigenvalue weighted by atomic mass is 127. The quantitative estimate of drug-likeness (QED) is 0.368. The van der Waals surface area contributed by atoms with Gasteiger partial charge in [0.25, 0.3) is 5.91 Å². The van der Waals surface area contributed by atoms with Crippen molar-refractivity contribution in [3.63, 3.8) is 0 Å². The lowest BCUT2D eigenvalue weighted by molar-refractivity contribution is 0.0548. The molecule has 3 rings (SSSR count). The molecular weight excluding hydrogens is 485 g/mol. The van der Waals surface area contributed by atoms with Gasteiger partial charge < -0.3 is 9.64 Å². The van der Waals surface area contributed by atoms with E-state index in [0.29, 0.717) is 38.4 Å². The number of rotatable bonds is 5. The molecule has 0 radical (unpaired) electrons. The van der Waals surface area contributed by atoms with Crippen LogP contribution in [0.1, 0.15) is 28.4 Å². The Hall–Kier alpha value is -2.17. The fourth-order valence-electron chi connectivity index (χ4n) is 3.28. The van der Waals surface area contributed by atoms with Gasteiger partial charge in [-0.05, 0) is 64.4 Å². The minimum absolute atomic E-state index is 0.0535. The van der Waals surface area contributed by atoms with Gasteiger partial charge in [-0.3, -0.25) is 14.9 Å². The predicted octanol–water partition coefficient (Wildman–Crippen LogP) is 3.43. The number of aryl methyl sites for hydroxylation is 1. The number of halogens is 1. The third-order valence-electron chi connectivity index (χ3n) is 4.89. The molecule has 7 nitrogen and oxygen atoms in total. The Morgan fingerprint density at radius 1 is 1.17 bits per heavy atom. The van der Waals surface area contributed by atoms with Crippen LogP contribution in [-0.4, -0.2) is 48.3 Å². The number of hydroxylamine groups is 1. The van der Waals surface area contributed by atoms with Gasteiger partial charge in [0.1, 0.15) is 0 Å². The van der Waals surface area contributed by atoms with Crippen molar-refractivity contribution in [2.75, 3.05) is 31.2 Å². The van der Waals surface area contributed by atoms with Gasteiger partial charge in [0.15, 0.2) is 0 Å². The second kappa shape index (κ2) is 10.0. The number of benzene rings is 2. The Labute approximate surface area is 183 Å². The zero-order chi connectivity index (χ0) is 20.8. The highest BCUT2D eigenvalue weighted by molar-refractivity contribution is 14.1. The van der Waals surface area contributed by atoms with Crippen LogP contribution in [-0.2, 0) is 17.7 Å². The normalized spacial score (nSPS) is 13.8. The molecule has 0 saturated carbocycles. The smallest absolute Gasteiger partial charge is 0.324 e. The number of hydrogen-bond acceptors (Lipinski definition) is 4. The van der Waals surface area contributed by atoms with E-state index in [1.165, 1.54) is 0 Å². The molecule has 1 fully saturated rings. The van der Waals surface area contributed by atoms with Crippen molar-refractivity contribution < 1.29 is 19.5 Å².